The number of fused-ring (bicyclic) bond motifs is 1. The molecular formula is C23H22N4O3S. The third-order valence-corrected chi connectivity index (χ3v) is 5.32. The number of ether oxygens (including phenoxy) is 2. The van der Waals surface area contributed by atoms with Crippen LogP contribution in [0.1, 0.15) is 5.56 Å². The van der Waals surface area contributed by atoms with E-state index in [1.54, 1.807) is 18.8 Å². The summed E-state index contributed by atoms with van der Waals surface area (Å²) >= 11 is 5.32. The first-order valence-electron chi connectivity index (χ1n) is 9.70. The highest BCUT2D eigenvalue weighted by molar-refractivity contribution is 7.71. The number of hydrogen-bond acceptors (Lipinski definition) is 5. The Morgan fingerprint density at radius 2 is 1.68 bits per heavy atom. The molecule has 0 spiro atoms. The predicted molar refractivity (Wildman–Crippen MR) is 122 cm³/mol. The lowest BCUT2D eigenvalue weighted by atomic mass is 10.1. The number of carbonyl (C=O) groups excluding carboxylic acids is 1. The first kappa shape index (κ1) is 20.6. The Morgan fingerprint density at radius 3 is 2.42 bits per heavy atom. The normalized spacial score (nSPS) is 10.8. The molecule has 0 bridgehead atoms. The van der Waals surface area contributed by atoms with Gasteiger partial charge in [-0.3, -0.25) is 14.5 Å². The fourth-order valence-corrected chi connectivity index (χ4v) is 3.53. The molecule has 4 rings (SSSR count). The number of aromatic nitrogens is 3. The lowest BCUT2D eigenvalue weighted by Gasteiger charge is -2.10. The number of nitrogens with one attached hydrogen (secondary N) is 2. The number of methoxy groups -OCH3 is 2. The molecule has 0 saturated carbocycles. The zero-order chi connectivity index (χ0) is 21.8. The minimum absolute atomic E-state index is 0.0709. The van der Waals surface area contributed by atoms with Gasteiger partial charge in [-0.1, -0.05) is 18.2 Å². The van der Waals surface area contributed by atoms with Crippen LogP contribution in [0.25, 0.3) is 22.2 Å². The molecule has 0 saturated heterocycles. The Labute approximate surface area is 184 Å². The molecule has 1 heterocycles. The summed E-state index contributed by atoms with van der Waals surface area (Å²) in [5.74, 6) is 2.01. The van der Waals surface area contributed by atoms with E-state index in [4.69, 9.17) is 21.7 Å². The van der Waals surface area contributed by atoms with Gasteiger partial charge in [0.15, 0.2) is 10.6 Å². The van der Waals surface area contributed by atoms with Crippen molar-refractivity contribution in [2.24, 2.45) is 0 Å². The van der Waals surface area contributed by atoms with Crippen LogP contribution in [-0.2, 0) is 17.9 Å². The predicted octanol–water partition coefficient (Wildman–Crippen LogP) is 4.09. The van der Waals surface area contributed by atoms with Crippen LogP contribution in [0.5, 0.6) is 11.5 Å². The number of hydrogen-bond donors (Lipinski definition) is 2. The van der Waals surface area contributed by atoms with Crippen LogP contribution in [0.3, 0.4) is 0 Å². The molecule has 0 aliphatic rings. The fourth-order valence-electron chi connectivity index (χ4n) is 3.34. The van der Waals surface area contributed by atoms with Crippen molar-refractivity contribution in [1.29, 1.82) is 0 Å². The largest absolute Gasteiger partial charge is 0.497 e. The van der Waals surface area contributed by atoms with Crippen LogP contribution in [-0.4, -0.2) is 34.9 Å². The molecule has 0 fully saturated rings. The number of nitrogens with zero attached hydrogens (tertiary/aromatic N) is 2. The van der Waals surface area contributed by atoms with E-state index >= 15 is 0 Å². The van der Waals surface area contributed by atoms with Crippen LogP contribution in [0.15, 0.2) is 60.7 Å². The van der Waals surface area contributed by atoms with E-state index in [-0.39, 0.29) is 12.5 Å². The van der Waals surface area contributed by atoms with Gasteiger partial charge in [0.05, 0.1) is 14.2 Å². The smallest absolute Gasteiger partial charge is 0.240 e. The van der Waals surface area contributed by atoms with Crippen molar-refractivity contribution in [2.45, 2.75) is 13.1 Å². The van der Waals surface area contributed by atoms with Crippen LogP contribution >= 0.6 is 12.2 Å². The molecule has 3 aromatic carbocycles. The summed E-state index contributed by atoms with van der Waals surface area (Å²) < 4.78 is 12.5. The number of benzene rings is 3. The van der Waals surface area contributed by atoms with Gasteiger partial charge in [0.25, 0.3) is 0 Å². The number of H-pyrrole nitrogens is 1. The van der Waals surface area contributed by atoms with E-state index in [1.807, 2.05) is 54.6 Å². The standard InChI is InChI=1S/C23H22N4O3S/c1-29-19-8-5-16(6-9-19)22-25-26-23(31)27(22)14-21(28)24-13-15-3-4-18-12-20(30-2)10-7-17(18)11-15/h3-12H,13-14H2,1-2H3,(H,24,28)(H,26,31). The fraction of sp³-hybridized carbons (Fsp3) is 0.174. The van der Waals surface area contributed by atoms with Gasteiger partial charge in [0, 0.05) is 12.1 Å². The van der Waals surface area contributed by atoms with Crippen LogP contribution in [0.2, 0.25) is 0 Å². The molecule has 2 N–H and O–H groups in total. The summed E-state index contributed by atoms with van der Waals surface area (Å²) in [5, 5.41) is 12.2. The zero-order valence-electron chi connectivity index (χ0n) is 17.2. The lowest BCUT2D eigenvalue weighted by Crippen LogP contribution is -2.27. The summed E-state index contributed by atoms with van der Waals surface area (Å²) in [4.78, 5) is 12.6. The average Bonchev–Trinajstić information content (AvgIpc) is 3.17. The van der Waals surface area contributed by atoms with E-state index in [0.29, 0.717) is 17.1 Å². The molecule has 158 valence electrons. The van der Waals surface area contributed by atoms with E-state index in [9.17, 15) is 4.79 Å². The van der Waals surface area contributed by atoms with E-state index in [0.717, 1.165) is 33.4 Å². The minimum atomic E-state index is -0.151. The quantitative estimate of drug-likeness (QED) is 0.428. The Kier molecular flexibility index (Phi) is 5.99. The van der Waals surface area contributed by atoms with E-state index in [2.05, 4.69) is 21.6 Å². The van der Waals surface area contributed by atoms with Gasteiger partial charge in [-0.15, -0.1) is 0 Å². The Morgan fingerprint density at radius 1 is 1.00 bits per heavy atom. The second kappa shape index (κ2) is 9.01. The highest BCUT2D eigenvalue weighted by Crippen LogP contribution is 2.22. The summed E-state index contributed by atoms with van der Waals surface area (Å²) in [6.45, 7) is 0.491. The number of carbonyl (C=O) groups is 1. The van der Waals surface area contributed by atoms with E-state index < -0.39 is 0 Å². The third-order valence-electron chi connectivity index (χ3n) is 5.01. The maximum atomic E-state index is 12.6. The van der Waals surface area contributed by atoms with Gasteiger partial charge in [0.1, 0.15) is 18.0 Å². The van der Waals surface area contributed by atoms with Crippen LogP contribution < -0.4 is 14.8 Å². The first-order valence-corrected chi connectivity index (χ1v) is 10.1. The second-order valence-electron chi connectivity index (χ2n) is 6.99. The number of amides is 1. The molecule has 0 aliphatic carbocycles. The van der Waals surface area contributed by atoms with E-state index in [1.165, 1.54) is 0 Å². The minimum Gasteiger partial charge on any atom is -0.497 e. The lowest BCUT2D eigenvalue weighted by molar-refractivity contribution is -0.121. The molecule has 8 heteroatoms. The molecule has 7 nitrogen and oxygen atoms in total. The zero-order valence-corrected chi connectivity index (χ0v) is 18.0. The highest BCUT2D eigenvalue weighted by Gasteiger charge is 2.12. The Bertz CT molecular complexity index is 1280. The topological polar surface area (TPSA) is 81.2 Å². The van der Waals surface area contributed by atoms with Gasteiger partial charge >= 0.3 is 0 Å². The molecule has 31 heavy (non-hydrogen) atoms. The Balaban J connectivity index is 1.45. The molecule has 1 amide bonds. The van der Waals surface area contributed by atoms with Crippen molar-refractivity contribution in [1.82, 2.24) is 20.1 Å². The van der Waals surface area contributed by atoms with Crippen molar-refractivity contribution in [3.05, 3.63) is 71.0 Å². The molecule has 0 unspecified atom stereocenters. The van der Waals surface area contributed by atoms with Gasteiger partial charge in [-0.2, -0.15) is 5.10 Å². The molecule has 4 aromatic rings. The molecule has 0 radical (unpaired) electrons. The van der Waals surface area contributed by atoms with Crippen molar-refractivity contribution >= 4 is 28.9 Å². The summed E-state index contributed by atoms with van der Waals surface area (Å²) in [6.07, 6.45) is 0. The van der Waals surface area contributed by atoms with Gasteiger partial charge in [-0.05, 0) is 71.0 Å². The maximum absolute atomic E-state index is 12.6. The van der Waals surface area contributed by atoms with Crippen molar-refractivity contribution in [2.75, 3.05) is 14.2 Å². The number of rotatable bonds is 7. The highest BCUT2D eigenvalue weighted by atomic mass is 32.1. The molecular weight excluding hydrogens is 412 g/mol. The van der Waals surface area contributed by atoms with Crippen molar-refractivity contribution in [3.63, 3.8) is 0 Å². The van der Waals surface area contributed by atoms with Crippen LogP contribution in [0.4, 0.5) is 0 Å². The summed E-state index contributed by atoms with van der Waals surface area (Å²) in [5.41, 5.74) is 1.85. The summed E-state index contributed by atoms with van der Waals surface area (Å²) in [7, 11) is 3.26. The van der Waals surface area contributed by atoms with Crippen LogP contribution in [0, 0.1) is 4.77 Å². The average molecular weight is 435 g/mol. The van der Waals surface area contributed by atoms with Crippen molar-refractivity contribution < 1.29 is 14.3 Å². The SMILES string of the molecule is COc1ccc(-c2n[nH]c(=S)n2CC(=O)NCc2ccc3cc(OC)ccc3c2)cc1. The third kappa shape index (κ3) is 4.59. The Hall–Kier alpha value is -3.65. The molecule has 0 aliphatic heterocycles. The number of aromatic amines is 1. The van der Waals surface area contributed by atoms with Crippen molar-refractivity contribution in [3.8, 4) is 22.9 Å². The van der Waals surface area contributed by atoms with Gasteiger partial charge in [0.2, 0.25) is 5.91 Å². The maximum Gasteiger partial charge on any atom is 0.240 e. The first-order chi connectivity index (χ1) is 15.1. The molecule has 1 aromatic heterocycles. The monoisotopic (exact) mass is 434 g/mol. The second-order valence-corrected chi connectivity index (χ2v) is 7.38. The molecule has 0 atom stereocenters. The van der Waals surface area contributed by atoms with Gasteiger partial charge < -0.3 is 14.8 Å². The summed E-state index contributed by atoms with van der Waals surface area (Å²) in [6, 6.07) is 19.4. The van der Waals surface area contributed by atoms with Gasteiger partial charge in [-0.25, -0.2) is 0 Å².